The SMILES string of the molecule is C=C1NC(=O)N[C@H](c2ccc(CC)cc2)[C@H]1C(=O)Nc1ccc(Br)cc1. The normalized spacial score (nSPS) is 19.5. The van der Waals surface area contributed by atoms with Crippen molar-refractivity contribution in [2.45, 2.75) is 19.4 Å². The third-order valence-corrected chi connectivity index (χ3v) is 4.94. The number of carbonyl (C=O) groups is 2. The van der Waals surface area contributed by atoms with E-state index in [9.17, 15) is 9.59 Å². The Morgan fingerprint density at radius 1 is 1.15 bits per heavy atom. The van der Waals surface area contributed by atoms with Gasteiger partial charge in [-0.15, -0.1) is 0 Å². The number of hydrogen-bond acceptors (Lipinski definition) is 2. The van der Waals surface area contributed by atoms with Crippen molar-refractivity contribution in [3.8, 4) is 0 Å². The number of urea groups is 1. The quantitative estimate of drug-likeness (QED) is 0.704. The number of carbonyl (C=O) groups excluding carboxylic acids is 2. The van der Waals surface area contributed by atoms with Crippen LogP contribution in [0, 0.1) is 5.92 Å². The van der Waals surface area contributed by atoms with Crippen LogP contribution in [0.15, 0.2) is 65.3 Å². The first-order chi connectivity index (χ1) is 12.5. The summed E-state index contributed by atoms with van der Waals surface area (Å²) < 4.78 is 0.931. The molecule has 3 rings (SSSR count). The summed E-state index contributed by atoms with van der Waals surface area (Å²) in [5.41, 5.74) is 3.13. The minimum Gasteiger partial charge on any atom is -0.330 e. The summed E-state index contributed by atoms with van der Waals surface area (Å²) in [5.74, 6) is -0.849. The van der Waals surface area contributed by atoms with E-state index in [0.717, 1.165) is 16.5 Å². The molecule has 0 unspecified atom stereocenters. The Labute approximate surface area is 161 Å². The van der Waals surface area contributed by atoms with Gasteiger partial charge in [0, 0.05) is 15.9 Å². The van der Waals surface area contributed by atoms with Gasteiger partial charge in [-0.3, -0.25) is 4.79 Å². The molecule has 1 fully saturated rings. The number of aryl methyl sites for hydroxylation is 1. The molecule has 0 aliphatic carbocycles. The molecule has 0 spiro atoms. The highest BCUT2D eigenvalue weighted by Crippen LogP contribution is 2.31. The second-order valence-corrected chi connectivity index (χ2v) is 7.09. The largest absolute Gasteiger partial charge is 0.330 e. The van der Waals surface area contributed by atoms with Gasteiger partial charge in [-0.2, -0.15) is 0 Å². The summed E-state index contributed by atoms with van der Waals surface area (Å²) in [5, 5.41) is 8.36. The molecule has 1 heterocycles. The Morgan fingerprint density at radius 3 is 2.42 bits per heavy atom. The Kier molecular flexibility index (Phi) is 5.42. The highest BCUT2D eigenvalue weighted by atomic mass is 79.9. The van der Waals surface area contributed by atoms with E-state index >= 15 is 0 Å². The Hall–Kier alpha value is -2.60. The molecular weight excluding hydrogens is 394 g/mol. The molecular formula is C20H20BrN3O2. The lowest BCUT2D eigenvalue weighted by molar-refractivity contribution is -0.119. The van der Waals surface area contributed by atoms with Gasteiger partial charge < -0.3 is 16.0 Å². The van der Waals surface area contributed by atoms with Gasteiger partial charge in [0.05, 0.1) is 6.04 Å². The molecule has 1 saturated heterocycles. The second-order valence-electron chi connectivity index (χ2n) is 6.17. The van der Waals surface area contributed by atoms with E-state index in [1.54, 1.807) is 0 Å². The Bertz CT molecular complexity index is 831. The summed E-state index contributed by atoms with van der Waals surface area (Å²) in [6.45, 7) is 5.97. The maximum absolute atomic E-state index is 12.9. The molecule has 0 saturated carbocycles. The lowest BCUT2D eigenvalue weighted by atomic mass is 9.87. The van der Waals surface area contributed by atoms with Crippen molar-refractivity contribution < 1.29 is 9.59 Å². The highest BCUT2D eigenvalue weighted by Gasteiger charge is 2.37. The minimum absolute atomic E-state index is 0.227. The fourth-order valence-electron chi connectivity index (χ4n) is 2.98. The molecule has 26 heavy (non-hydrogen) atoms. The molecule has 3 N–H and O–H groups in total. The van der Waals surface area contributed by atoms with Crippen molar-refractivity contribution in [2.24, 2.45) is 5.92 Å². The molecule has 2 aromatic carbocycles. The van der Waals surface area contributed by atoms with Gasteiger partial charge in [-0.1, -0.05) is 53.7 Å². The molecule has 5 nitrogen and oxygen atoms in total. The van der Waals surface area contributed by atoms with E-state index in [1.807, 2.05) is 48.5 Å². The molecule has 0 aromatic heterocycles. The zero-order valence-electron chi connectivity index (χ0n) is 14.4. The lowest BCUT2D eigenvalue weighted by Crippen LogP contribution is -2.51. The van der Waals surface area contributed by atoms with Crippen LogP contribution in [0.4, 0.5) is 10.5 Å². The van der Waals surface area contributed by atoms with Crippen LogP contribution < -0.4 is 16.0 Å². The Balaban J connectivity index is 1.86. The van der Waals surface area contributed by atoms with Crippen LogP contribution in [0.3, 0.4) is 0 Å². The average Bonchev–Trinajstić information content (AvgIpc) is 2.63. The van der Waals surface area contributed by atoms with E-state index in [4.69, 9.17) is 0 Å². The molecule has 2 aromatic rings. The molecule has 0 radical (unpaired) electrons. The first kappa shape index (κ1) is 18.2. The second kappa shape index (κ2) is 7.74. The molecule has 1 aliphatic rings. The summed E-state index contributed by atoms with van der Waals surface area (Å²) in [6.07, 6.45) is 0.930. The summed E-state index contributed by atoms with van der Waals surface area (Å²) >= 11 is 3.37. The van der Waals surface area contributed by atoms with Gasteiger partial charge in [0.15, 0.2) is 0 Å². The lowest BCUT2D eigenvalue weighted by Gasteiger charge is -2.34. The monoisotopic (exact) mass is 413 g/mol. The molecule has 0 bridgehead atoms. The number of halogens is 1. The minimum atomic E-state index is -0.621. The predicted octanol–water partition coefficient (Wildman–Crippen LogP) is 4.13. The fourth-order valence-corrected chi connectivity index (χ4v) is 3.25. The number of rotatable bonds is 4. The van der Waals surface area contributed by atoms with Crippen molar-refractivity contribution in [3.63, 3.8) is 0 Å². The topological polar surface area (TPSA) is 70.2 Å². The van der Waals surface area contributed by atoms with E-state index in [2.05, 4.69) is 45.4 Å². The van der Waals surface area contributed by atoms with Crippen LogP contribution in [0.25, 0.3) is 0 Å². The molecule has 2 atom stereocenters. The predicted molar refractivity (Wildman–Crippen MR) is 106 cm³/mol. The maximum Gasteiger partial charge on any atom is 0.319 e. The fraction of sp³-hybridized carbons (Fsp3) is 0.200. The van der Waals surface area contributed by atoms with Crippen molar-refractivity contribution in [2.75, 3.05) is 5.32 Å². The van der Waals surface area contributed by atoms with E-state index in [0.29, 0.717) is 11.4 Å². The van der Waals surface area contributed by atoms with Gasteiger partial charge in [0.1, 0.15) is 5.92 Å². The van der Waals surface area contributed by atoms with Crippen molar-refractivity contribution in [1.29, 1.82) is 0 Å². The van der Waals surface area contributed by atoms with Crippen LogP contribution in [0.5, 0.6) is 0 Å². The molecule has 6 heteroatoms. The smallest absolute Gasteiger partial charge is 0.319 e. The maximum atomic E-state index is 12.9. The van der Waals surface area contributed by atoms with Crippen LogP contribution in [0.1, 0.15) is 24.1 Å². The Morgan fingerprint density at radius 2 is 1.81 bits per heavy atom. The standard InChI is InChI=1S/C20H20BrN3O2/c1-3-13-4-6-14(7-5-13)18-17(12(2)22-20(26)24-18)19(25)23-16-10-8-15(21)9-11-16/h4-11,17-18H,2-3H2,1H3,(H,23,25)(H2,22,24,26)/t17-,18+/m0/s1. The van der Waals surface area contributed by atoms with Gasteiger partial charge >= 0.3 is 6.03 Å². The van der Waals surface area contributed by atoms with Crippen molar-refractivity contribution in [3.05, 3.63) is 76.4 Å². The van der Waals surface area contributed by atoms with Crippen LogP contribution in [0.2, 0.25) is 0 Å². The first-order valence-electron chi connectivity index (χ1n) is 8.39. The first-order valence-corrected chi connectivity index (χ1v) is 9.19. The van der Waals surface area contributed by atoms with Gasteiger partial charge in [0.25, 0.3) is 0 Å². The van der Waals surface area contributed by atoms with Gasteiger partial charge in [-0.05, 0) is 41.8 Å². The van der Waals surface area contributed by atoms with Crippen LogP contribution in [-0.4, -0.2) is 11.9 Å². The number of anilines is 1. The summed E-state index contributed by atoms with van der Waals surface area (Å²) in [4.78, 5) is 24.8. The number of amides is 3. The van der Waals surface area contributed by atoms with Crippen LogP contribution >= 0.6 is 15.9 Å². The number of nitrogens with one attached hydrogen (secondary N) is 3. The average molecular weight is 414 g/mol. The third kappa shape index (κ3) is 3.96. The van der Waals surface area contributed by atoms with Gasteiger partial charge in [-0.25, -0.2) is 4.79 Å². The molecule has 134 valence electrons. The molecule has 1 aliphatic heterocycles. The zero-order chi connectivity index (χ0) is 18.7. The number of hydrogen-bond donors (Lipinski definition) is 3. The number of benzene rings is 2. The van der Waals surface area contributed by atoms with Crippen LogP contribution in [-0.2, 0) is 11.2 Å². The summed E-state index contributed by atoms with van der Waals surface area (Å²) in [7, 11) is 0. The van der Waals surface area contributed by atoms with E-state index in [-0.39, 0.29) is 11.9 Å². The van der Waals surface area contributed by atoms with E-state index < -0.39 is 12.0 Å². The highest BCUT2D eigenvalue weighted by molar-refractivity contribution is 9.10. The summed E-state index contributed by atoms with van der Waals surface area (Å²) in [6, 6.07) is 14.4. The van der Waals surface area contributed by atoms with E-state index in [1.165, 1.54) is 5.56 Å². The van der Waals surface area contributed by atoms with Gasteiger partial charge in [0.2, 0.25) is 5.91 Å². The van der Waals surface area contributed by atoms with Crippen molar-refractivity contribution in [1.82, 2.24) is 10.6 Å². The third-order valence-electron chi connectivity index (χ3n) is 4.41. The zero-order valence-corrected chi connectivity index (χ0v) is 16.0. The van der Waals surface area contributed by atoms with Crippen molar-refractivity contribution >= 4 is 33.6 Å². The molecule has 3 amide bonds.